The Kier molecular flexibility index (Phi) is 14.8. The van der Waals surface area contributed by atoms with Gasteiger partial charge in [-0.3, -0.25) is 23.5 Å². The first-order valence-electron chi connectivity index (χ1n) is 24.2. The minimum atomic E-state index is -4.52. The fraction of sp³-hybridized carbons (Fsp3) is 0.491. The van der Waals surface area contributed by atoms with Crippen molar-refractivity contribution >= 4 is 60.9 Å². The largest absolute Gasteiger partial charge is 0.507 e. The van der Waals surface area contributed by atoms with E-state index in [1.807, 2.05) is 73.6 Å². The summed E-state index contributed by atoms with van der Waals surface area (Å²) in [6.45, 7) is 18.4. The van der Waals surface area contributed by atoms with Gasteiger partial charge in [-0.05, 0) is 138 Å². The number of aromatic hydroxyl groups is 1. The molecule has 3 aromatic carbocycles. The lowest BCUT2D eigenvalue weighted by Gasteiger charge is -2.37. The Balaban J connectivity index is 1.12. The van der Waals surface area contributed by atoms with Crippen LogP contribution in [0.3, 0.4) is 0 Å². The molecule has 0 radical (unpaired) electrons. The number of fused-ring (bicyclic) bond motifs is 3. The molecule has 3 N–H and O–H groups in total. The van der Waals surface area contributed by atoms with E-state index < -0.39 is 54.5 Å². The molecular formula is C53H66N3O13S2+. The van der Waals surface area contributed by atoms with Crippen LogP contribution >= 0.6 is 0 Å². The first-order valence-corrected chi connectivity index (χ1v) is 27.1. The molecule has 4 aliphatic rings. The summed E-state index contributed by atoms with van der Waals surface area (Å²) in [5.41, 5.74) is 5.37. The average molecular weight is 1020 g/mol. The summed E-state index contributed by atoms with van der Waals surface area (Å²) < 4.78 is 78.0. The van der Waals surface area contributed by atoms with Crippen LogP contribution in [0.25, 0.3) is 0 Å². The van der Waals surface area contributed by atoms with Gasteiger partial charge in [0.05, 0.1) is 15.2 Å². The summed E-state index contributed by atoms with van der Waals surface area (Å²) in [5.74, 6) is -0.809. The third kappa shape index (κ3) is 10.5. The predicted octanol–water partition coefficient (Wildman–Crippen LogP) is 8.75. The number of benzene rings is 3. The van der Waals surface area contributed by atoms with Crippen molar-refractivity contribution < 1.29 is 64.4 Å². The van der Waals surface area contributed by atoms with Crippen LogP contribution in [0.15, 0.2) is 70.1 Å². The molecule has 0 saturated carbocycles. The normalized spacial score (nSPS) is 20.4. The highest BCUT2D eigenvalue weighted by molar-refractivity contribution is 7.86. The van der Waals surface area contributed by atoms with E-state index in [2.05, 4.69) is 16.4 Å². The maximum atomic E-state index is 14.0. The number of hydrogen-bond acceptors (Lipinski definition) is 12. The monoisotopic (exact) mass is 1020 g/mol. The van der Waals surface area contributed by atoms with Crippen LogP contribution in [-0.2, 0) is 61.5 Å². The number of ether oxygens (including phenoxy) is 1. The van der Waals surface area contributed by atoms with Crippen molar-refractivity contribution in [2.24, 2.45) is 5.92 Å². The molecule has 2 amide bonds. The Morgan fingerprint density at radius 2 is 1.46 bits per heavy atom. The smallest absolute Gasteiger partial charge is 0.333 e. The Labute approximate surface area is 416 Å². The van der Waals surface area contributed by atoms with Gasteiger partial charge in [0, 0.05) is 78.7 Å². The Morgan fingerprint density at radius 3 is 2.11 bits per heavy atom. The lowest BCUT2D eigenvalue weighted by Crippen LogP contribution is -2.45. The van der Waals surface area contributed by atoms with Gasteiger partial charge < -0.3 is 19.6 Å². The van der Waals surface area contributed by atoms with Crippen LogP contribution in [0.5, 0.6) is 11.5 Å². The zero-order valence-electron chi connectivity index (χ0n) is 42.0. The number of hydrogen-bond donors (Lipinski definition) is 3. The van der Waals surface area contributed by atoms with Crippen molar-refractivity contribution in [3.8, 4) is 11.5 Å². The molecule has 4 heterocycles. The number of anilines is 1. The number of carbonyl (C=O) groups excluding carboxylic acids is 4. The highest BCUT2D eigenvalue weighted by atomic mass is 32.2. The van der Waals surface area contributed by atoms with Gasteiger partial charge in [-0.2, -0.15) is 21.4 Å². The third-order valence-corrected chi connectivity index (χ3v) is 16.7. The number of phenolic OH excluding ortho intramolecular Hbond substituents is 1. The molecule has 2 atom stereocenters. The number of carbonyl (C=O) groups is 4. The van der Waals surface area contributed by atoms with Crippen molar-refractivity contribution in [3.63, 3.8) is 0 Å². The van der Waals surface area contributed by atoms with Crippen LogP contribution in [0.4, 0.5) is 11.4 Å². The molecule has 4 aliphatic heterocycles. The molecule has 0 bridgehead atoms. The predicted molar refractivity (Wildman–Crippen MR) is 266 cm³/mol. The van der Waals surface area contributed by atoms with Crippen molar-refractivity contribution in [2.75, 3.05) is 18.0 Å². The molecule has 7 rings (SSSR count). The van der Waals surface area contributed by atoms with E-state index in [1.165, 1.54) is 24.3 Å². The topological polar surface area (TPSA) is 225 Å². The number of unbranched alkanes of at least 4 members (excludes halogenated alkanes) is 2. The maximum absolute atomic E-state index is 14.0. The van der Waals surface area contributed by atoms with Crippen LogP contribution in [0.1, 0.15) is 139 Å². The summed E-state index contributed by atoms with van der Waals surface area (Å²) in [6.07, 6.45) is 10.2. The molecule has 2 unspecified atom stereocenters. The van der Waals surface area contributed by atoms with Crippen LogP contribution in [0.2, 0.25) is 0 Å². The van der Waals surface area contributed by atoms with Gasteiger partial charge in [-0.25, -0.2) is 4.79 Å². The molecule has 3 aromatic rings. The minimum Gasteiger partial charge on any atom is -0.507 e. The summed E-state index contributed by atoms with van der Waals surface area (Å²) in [7, 11) is -9.04. The number of nitrogens with zero attached hydrogens (tertiary/aromatic N) is 3. The first-order chi connectivity index (χ1) is 33.1. The summed E-state index contributed by atoms with van der Waals surface area (Å²) in [6, 6.07) is 9.09. The van der Waals surface area contributed by atoms with E-state index in [0.29, 0.717) is 86.4 Å². The number of phenols is 1. The molecule has 0 spiro atoms. The van der Waals surface area contributed by atoms with Gasteiger partial charge in [-0.15, -0.1) is 5.06 Å². The van der Waals surface area contributed by atoms with Crippen LogP contribution < -0.4 is 9.64 Å². The van der Waals surface area contributed by atoms with Gasteiger partial charge in [-0.1, -0.05) is 33.3 Å². The Hall–Kier alpha value is -5.69. The van der Waals surface area contributed by atoms with Crippen molar-refractivity contribution in [1.82, 2.24) is 5.06 Å². The van der Waals surface area contributed by atoms with E-state index >= 15 is 0 Å². The standard InChI is InChI=1S/C53H65N3O13S2/c1-32(29-45(57)53(9)26-25-38-35(4)49(61)33(2)34(3)50(38)68-53)15-14-28-55-42-22-20-37(71(65,66)67)31-40(42)52(7,8)44(55)17-13-16-43-51(5,6)39-30-36(70(62,63)64)19-21-41(39)54(43)27-12-10-11-18-48(60)69-56-46(58)23-24-47(56)59/h13,16-17,19-22,30-32H,10-12,14-15,18,23-29H2,1-9H3,(H2-,61,62,63,64,65,66,67)/p+1. The number of allylic oxidation sites excluding steroid dienone is 4. The third-order valence-electron chi connectivity index (χ3n) is 15.0. The molecule has 1 fully saturated rings. The van der Waals surface area contributed by atoms with Crippen LogP contribution in [-0.4, -0.2) is 88.7 Å². The Bertz CT molecular complexity index is 3030. The average Bonchev–Trinajstić information content (AvgIpc) is 3.81. The second-order valence-corrected chi connectivity index (χ2v) is 23.6. The number of rotatable bonds is 18. The highest BCUT2D eigenvalue weighted by Gasteiger charge is 2.46. The number of ketones is 1. The SMILES string of the molecule is Cc1c(C)c2c(c(C)c1O)CCC(C)(C(=O)CC(C)CCC[N+]1=C(C=CC=C3N(CCCCCC(=O)ON4C(=O)CCC4=O)c4ccc(S(=O)(=O)O)cc4C3(C)C)C(C)(C)c3cc(S(=O)(=O)O)ccc31)O2. The molecule has 71 heavy (non-hydrogen) atoms. The zero-order valence-corrected chi connectivity index (χ0v) is 43.7. The van der Waals surface area contributed by atoms with E-state index in [1.54, 1.807) is 12.1 Å². The summed E-state index contributed by atoms with van der Waals surface area (Å²) in [5, 5.41) is 11.2. The molecule has 0 aliphatic carbocycles. The highest BCUT2D eigenvalue weighted by Crippen LogP contribution is 2.49. The fourth-order valence-electron chi connectivity index (χ4n) is 10.5. The van der Waals surface area contributed by atoms with Gasteiger partial charge in [0.15, 0.2) is 17.1 Å². The second-order valence-electron chi connectivity index (χ2n) is 20.8. The van der Waals surface area contributed by atoms with Crippen molar-refractivity contribution in [2.45, 2.75) is 159 Å². The van der Waals surface area contributed by atoms with Crippen LogP contribution in [0, 0.1) is 26.7 Å². The quantitative estimate of drug-likeness (QED) is 0.0469. The van der Waals surface area contributed by atoms with Crippen molar-refractivity contribution in [1.29, 1.82) is 0 Å². The van der Waals surface area contributed by atoms with Gasteiger partial charge in [0.1, 0.15) is 18.0 Å². The molecule has 16 nitrogen and oxygen atoms in total. The lowest BCUT2D eigenvalue weighted by atomic mass is 9.81. The summed E-state index contributed by atoms with van der Waals surface area (Å²) in [4.78, 5) is 56.9. The molecule has 18 heteroatoms. The van der Waals surface area contributed by atoms with E-state index in [-0.39, 0.29) is 46.5 Å². The molecule has 0 aromatic heterocycles. The van der Waals surface area contributed by atoms with Gasteiger partial charge >= 0.3 is 5.97 Å². The zero-order chi connectivity index (χ0) is 52.2. The summed E-state index contributed by atoms with van der Waals surface area (Å²) >= 11 is 0. The minimum absolute atomic E-state index is 0.00300. The lowest BCUT2D eigenvalue weighted by molar-refractivity contribution is -0.438. The Morgan fingerprint density at radius 1 is 0.831 bits per heavy atom. The number of hydroxylamine groups is 2. The van der Waals surface area contributed by atoms with E-state index in [4.69, 9.17) is 9.57 Å². The first kappa shape index (κ1) is 53.1. The van der Waals surface area contributed by atoms with E-state index in [9.17, 15) is 50.2 Å². The van der Waals surface area contributed by atoms with Crippen molar-refractivity contribution in [3.05, 3.63) is 93.7 Å². The maximum Gasteiger partial charge on any atom is 0.333 e. The number of Topliss-reactive ketones (excluding diaryl/α,β-unsaturated/α-hetero) is 1. The molecule has 382 valence electrons. The number of imide groups is 1. The molecular weight excluding hydrogens is 951 g/mol. The molecule has 1 saturated heterocycles. The fourth-order valence-corrected chi connectivity index (χ4v) is 11.6. The van der Waals surface area contributed by atoms with E-state index in [0.717, 1.165) is 45.0 Å². The number of amides is 2. The second kappa shape index (κ2) is 19.7. The van der Waals surface area contributed by atoms with Gasteiger partial charge in [0.25, 0.3) is 32.1 Å². The van der Waals surface area contributed by atoms with Gasteiger partial charge in [0.2, 0.25) is 5.69 Å².